The number of carbonyl (C=O) groups excluding carboxylic acids is 1. The van der Waals surface area contributed by atoms with Crippen molar-refractivity contribution in [2.45, 2.75) is 20.1 Å². The predicted molar refractivity (Wildman–Crippen MR) is 117 cm³/mol. The summed E-state index contributed by atoms with van der Waals surface area (Å²) in [6, 6.07) is 15.3. The van der Waals surface area contributed by atoms with Crippen molar-refractivity contribution in [3.63, 3.8) is 0 Å². The average Bonchev–Trinajstić information content (AvgIpc) is 3.13. The monoisotopic (exact) mass is 456 g/mol. The van der Waals surface area contributed by atoms with Crippen LogP contribution in [0.1, 0.15) is 26.6 Å². The van der Waals surface area contributed by atoms with Crippen LogP contribution in [0.15, 0.2) is 71.0 Å². The standard InChI is InChI=1S/C22H21BrN2O2S/c1-3-10-25(22(26)17-7-5-8-18(23)12-17)13-19-15-28-21(24-19)14-27-20-9-4-6-16(2)11-20/h3-9,11-12,15H,1,10,13-14H2,2H3. The van der Waals surface area contributed by atoms with Gasteiger partial charge in [-0.15, -0.1) is 17.9 Å². The van der Waals surface area contributed by atoms with Crippen molar-refractivity contribution in [2.75, 3.05) is 6.54 Å². The lowest BCUT2D eigenvalue weighted by Crippen LogP contribution is -2.30. The molecule has 1 heterocycles. The van der Waals surface area contributed by atoms with Gasteiger partial charge >= 0.3 is 0 Å². The van der Waals surface area contributed by atoms with Gasteiger partial charge in [-0.05, 0) is 42.8 Å². The lowest BCUT2D eigenvalue weighted by molar-refractivity contribution is 0.0761. The molecule has 0 spiro atoms. The number of rotatable bonds is 8. The van der Waals surface area contributed by atoms with E-state index in [1.807, 2.05) is 60.8 Å². The molecular formula is C22H21BrN2O2S. The lowest BCUT2D eigenvalue weighted by Gasteiger charge is -2.20. The lowest BCUT2D eigenvalue weighted by atomic mass is 10.2. The van der Waals surface area contributed by atoms with Gasteiger partial charge in [-0.3, -0.25) is 4.79 Å². The van der Waals surface area contributed by atoms with Crippen molar-refractivity contribution >= 4 is 33.2 Å². The summed E-state index contributed by atoms with van der Waals surface area (Å²) in [5.41, 5.74) is 2.64. The first-order valence-electron chi connectivity index (χ1n) is 8.83. The Morgan fingerprint density at radius 1 is 1.29 bits per heavy atom. The molecule has 1 amide bonds. The second-order valence-corrected chi connectivity index (χ2v) is 8.18. The molecule has 0 aliphatic heterocycles. The van der Waals surface area contributed by atoms with Gasteiger partial charge in [0.25, 0.3) is 5.91 Å². The molecule has 0 fully saturated rings. The maximum absolute atomic E-state index is 12.8. The SMILES string of the molecule is C=CCN(Cc1csc(COc2cccc(C)c2)n1)C(=O)c1cccc(Br)c1. The summed E-state index contributed by atoms with van der Waals surface area (Å²) in [6.45, 7) is 7.10. The molecule has 0 aliphatic carbocycles. The van der Waals surface area contributed by atoms with Gasteiger partial charge in [0.15, 0.2) is 0 Å². The second-order valence-electron chi connectivity index (χ2n) is 6.32. The number of ether oxygens (including phenoxy) is 1. The molecule has 144 valence electrons. The highest BCUT2D eigenvalue weighted by molar-refractivity contribution is 9.10. The number of thiazole rings is 1. The van der Waals surface area contributed by atoms with Crippen LogP contribution in [-0.4, -0.2) is 22.3 Å². The van der Waals surface area contributed by atoms with Crippen LogP contribution < -0.4 is 4.74 Å². The highest BCUT2D eigenvalue weighted by atomic mass is 79.9. The van der Waals surface area contributed by atoms with Gasteiger partial charge in [0, 0.05) is 22.0 Å². The third-order valence-electron chi connectivity index (χ3n) is 4.01. The minimum absolute atomic E-state index is 0.0493. The quantitative estimate of drug-likeness (QED) is 0.413. The van der Waals surface area contributed by atoms with Gasteiger partial charge in [0.1, 0.15) is 17.4 Å². The zero-order valence-electron chi connectivity index (χ0n) is 15.6. The van der Waals surface area contributed by atoms with E-state index in [1.165, 1.54) is 11.3 Å². The van der Waals surface area contributed by atoms with Crippen LogP contribution >= 0.6 is 27.3 Å². The Bertz CT molecular complexity index is 970. The van der Waals surface area contributed by atoms with Crippen molar-refractivity contribution in [3.8, 4) is 5.75 Å². The number of hydrogen-bond donors (Lipinski definition) is 0. The first-order chi connectivity index (χ1) is 13.5. The summed E-state index contributed by atoms with van der Waals surface area (Å²) < 4.78 is 6.69. The molecule has 0 radical (unpaired) electrons. The Morgan fingerprint density at radius 2 is 2.11 bits per heavy atom. The molecule has 0 unspecified atom stereocenters. The minimum Gasteiger partial charge on any atom is -0.486 e. The zero-order chi connectivity index (χ0) is 19.9. The van der Waals surface area contributed by atoms with Gasteiger partial charge in [0.2, 0.25) is 0 Å². The average molecular weight is 457 g/mol. The Balaban J connectivity index is 1.65. The van der Waals surface area contributed by atoms with Crippen molar-refractivity contribution in [2.24, 2.45) is 0 Å². The van der Waals surface area contributed by atoms with E-state index >= 15 is 0 Å². The fourth-order valence-electron chi connectivity index (χ4n) is 2.71. The molecule has 0 saturated carbocycles. The number of carbonyl (C=O) groups is 1. The van der Waals surface area contributed by atoms with Crippen LogP contribution in [0.2, 0.25) is 0 Å². The Labute approximate surface area is 177 Å². The molecule has 4 nitrogen and oxygen atoms in total. The Kier molecular flexibility index (Phi) is 7.01. The number of halogens is 1. The van der Waals surface area contributed by atoms with Gasteiger partial charge in [-0.1, -0.05) is 40.2 Å². The normalized spacial score (nSPS) is 10.5. The molecule has 0 saturated heterocycles. The van der Waals surface area contributed by atoms with Crippen LogP contribution in [0.25, 0.3) is 0 Å². The van der Waals surface area contributed by atoms with Crippen molar-refractivity contribution < 1.29 is 9.53 Å². The van der Waals surface area contributed by atoms with E-state index in [4.69, 9.17) is 4.74 Å². The van der Waals surface area contributed by atoms with E-state index < -0.39 is 0 Å². The van der Waals surface area contributed by atoms with Crippen molar-refractivity contribution in [3.05, 3.63) is 92.9 Å². The van der Waals surface area contributed by atoms with E-state index in [0.29, 0.717) is 25.3 Å². The fraction of sp³-hybridized carbons (Fsp3) is 0.182. The Hall–Kier alpha value is -2.44. The predicted octanol–water partition coefficient (Wildman–Crippen LogP) is 5.62. The van der Waals surface area contributed by atoms with E-state index in [2.05, 4.69) is 27.5 Å². The minimum atomic E-state index is -0.0493. The van der Waals surface area contributed by atoms with Gasteiger partial charge in [-0.25, -0.2) is 4.98 Å². The Morgan fingerprint density at radius 3 is 2.86 bits per heavy atom. The van der Waals surface area contributed by atoms with Crippen LogP contribution in [-0.2, 0) is 13.2 Å². The molecule has 6 heteroatoms. The molecule has 0 aliphatic rings. The summed E-state index contributed by atoms with van der Waals surface area (Å²) in [7, 11) is 0. The molecule has 0 N–H and O–H groups in total. The van der Waals surface area contributed by atoms with Crippen molar-refractivity contribution in [1.82, 2.24) is 9.88 Å². The van der Waals surface area contributed by atoms with E-state index in [9.17, 15) is 4.79 Å². The van der Waals surface area contributed by atoms with Gasteiger partial charge in [0.05, 0.1) is 12.2 Å². The third kappa shape index (κ3) is 5.53. The number of benzene rings is 2. The van der Waals surface area contributed by atoms with Gasteiger partial charge < -0.3 is 9.64 Å². The van der Waals surface area contributed by atoms with Crippen LogP contribution in [0.3, 0.4) is 0 Å². The molecule has 28 heavy (non-hydrogen) atoms. The number of aryl methyl sites for hydroxylation is 1. The number of aromatic nitrogens is 1. The molecule has 1 aromatic heterocycles. The largest absolute Gasteiger partial charge is 0.486 e. The number of nitrogens with zero attached hydrogens (tertiary/aromatic N) is 2. The van der Waals surface area contributed by atoms with Crippen LogP contribution in [0, 0.1) is 6.92 Å². The van der Waals surface area contributed by atoms with Crippen molar-refractivity contribution in [1.29, 1.82) is 0 Å². The molecular weight excluding hydrogens is 436 g/mol. The summed E-state index contributed by atoms with van der Waals surface area (Å²) in [6.07, 6.45) is 1.73. The number of hydrogen-bond acceptors (Lipinski definition) is 4. The molecule has 0 bridgehead atoms. The smallest absolute Gasteiger partial charge is 0.254 e. The molecule has 0 atom stereocenters. The maximum Gasteiger partial charge on any atom is 0.254 e. The molecule has 2 aromatic carbocycles. The highest BCUT2D eigenvalue weighted by Gasteiger charge is 2.17. The van der Waals surface area contributed by atoms with E-state index in [0.717, 1.165) is 26.5 Å². The molecule has 3 aromatic rings. The van der Waals surface area contributed by atoms with E-state index in [-0.39, 0.29) is 5.91 Å². The van der Waals surface area contributed by atoms with Crippen LogP contribution in [0.5, 0.6) is 5.75 Å². The summed E-state index contributed by atoms with van der Waals surface area (Å²) in [5.74, 6) is 0.779. The number of amides is 1. The summed E-state index contributed by atoms with van der Waals surface area (Å²) in [5, 5.41) is 2.85. The van der Waals surface area contributed by atoms with Crippen LogP contribution in [0.4, 0.5) is 0 Å². The third-order valence-corrected chi connectivity index (χ3v) is 5.38. The fourth-order valence-corrected chi connectivity index (χ4v) is 3.81. The summed E-state index contributed by atoms with van der Waals surface area (Å²) in [4.78, 5) is 19.2. The first-order valence-corrected chi connectivity index (χ1v) is 10.5. The van der Waals surface area contributed by atoms with Gasteiger partial charge in [-0.2, -0.15) is 0 Å². The van der Waals surface area contributed by atoms with E-state index in [1.54, 1.807) is 11.0 Å². The second kappa shape index (κ2) is 9.66. The topological polar surface area (TPSA) is 42.4 Å². The first kappa shape index (κ1) is 20.3. The highest BCUT2D eigenvalue weighted by Crippen LogP contribution is 2.19. The summed E-state index contributed by atoms with van der Waals surface area (Å²) >= 11 is 4.95. The maximum atomic E-state index is 12.8. The zero-order valence-corrected chi connectivity index (χ0v) is 18.0. The molecule has 3 rings (SSSR count).